The molecule has 0 radical (unpaired) electrons. The quantitative estimate of drug-likeness (QED) is 0.213. The van der Waals surface area contributed by atoms with Crippen LogP contribution >= 0.6 is 34.8 Å². The third-order valence-corrected chi connectivity index (χ3v) is 4.98. The molecule has 0 saturated heterocycles. The molecule has 0 aliphatic carbocycles. The Labute approximate surface area is 150 Å². The molecule has 0 aliphatic heterocycles. The van der Waals surface area contributed by atoms with Gasteiger partial charge in [0.15, 0.2) is 3.79 Å². The van der Waals surface area contributed by atoms with E-state index in [2.05, 4.69) is 0 Å². The molecule has 7 heteroatoms. The van der Waals surface area contributed by atoms with E-state index < -0.39 is 13.9 Å². The van der Waals surface area contributed by atoms with Crippen LogP contribution < -0.4 is 0 Å². The fourth-order valence-electron chi connectivity index (χ4n) is 2.38. The monoisotopic (exact) mass is 394 g/mol. The lowest BCUT2D eigenvalue weighted by Gasteiger charge is -2.09. The molecule has 0 aromatic carbocycles. The van der Waals surface area contributed by atoms with Gasteiger partial charge in [0.2, 0.25) is 0 Å². The summed E-state index contributed by atoms with van der Waals surface area (Å²) in [5.74, 6) is -0.106. The van der Waals surface area contributed by atoms with Crippen LogP contribution in [0.15, 0.2) is 0 Å². The minimum absolute atomic E-state index is 0.106. The van der Waals surface area contributed by atoms with Gasteiger partial charge in [0.05, 0.1) is 5.75 Å². The van der Waals surface area contributed by atoms with Crippen molar-refractivity contribution in [3.05, 3.63) is 0 Å². The molecule has 0 unspecified atom stereocenters. The van der Waals surface area contributed by atoms with Crippen LogP contribution in [0.3, 0.4) is 0 Å². The van der Waals surface area contributed by atoms with Gasteiger partial charge in [0.25, 0.3) is 10.1 Å². The van der Waals surface area contributed by atoms with E-state index in [1.807, 2.05) is 0 Å². The van der Waals surface area contributed by atoms with Crippen LogP contribution in [0.4, 0.5) is 0 Å². The molecular formula is C15H29Cl3O3S. The largest absolute Gasteiger partial charge is 0.286 e. The molecule has 0 spiro atoms. The zero-order valence-corrected chi connectivity index (χ0v) is 16.3. The topological polar surface area (TPSA) is 54.4 Å². The molecule has 22 heavy (non-hydrogen) atoms. The van der Waals surface area contributed by atoms with E-state index in [0.717, 1.165) is 32.1 Å². The zero-order chi connectivity index (χ0) is 16.9. The molecule has 3 nitrogen and oxygen atoms in total. The number of hydrogen-bond acceptors (Lipinski definition) is 2. The van der Waals surface area contributed by atoms with Crippen molar-refractivity contribution in [1.29, 1.82) is 0 Å². The first-order valence-electron chi connectivity index (χ1n) is 8.23. The normalized spacial score (nSPS) is 12.7. The molecule has 0 aromatic heterocycles. The van der Waals surface area contributed by atoms with Gasteiger partial charge >= 0.3 is 0 Å². The van der Waals surface area contributed by atoms with Crippen LogP contribution in [0, 0.1) is 0 Å². The van der Waals surface area contributed by atoms with Crippen LogP contribution in [-0.4, -0.2) is 22.5 Å². The summed E-state index contributed by atoms with van der Waals surface area (Å²) in [6.45, 7) is 0. The standard InChI is InChI=1S/C15H29Cl3O3S/c16-15(17,18)13-11-9-7-5-3-1-2-4-6-8-10-12-14-22(19,20)21/h1-14H2,(H,19,20,21). The van der Waals surface area contributed by atoms with Crippen LogP contribution in [-0.2, 0) is 10.1 Å². The molecule has 1 N–H and O–H groups in total. The molecule has 0 aliphatic rings. The van der Waals surface area contributed by atoms with Gasteiger partial charge in [-0.25, -0.2) is 0 Å². The number of unbranched alkanes of at least 4 members (excludes halogenated alkanes) is 11. The summed E-state index contributed by atoms with van der Waals surface area (Å²) in [6, 6.07) is 0. The van der Waals surface area contributed by atoms with Gasteiger partial charge in [0.1, 0.15) is 0 Å². The highest BCUT2D eigenvalue weighted by atomic mass is 35.6. The second kappa shape index (κ2) is 13.1. The van der Waals surface area contributed by atoms with Crippen molar-refractivity contribution in [3.63, 3.8) is 0 Å². The summed E-state index contributed by atoms with van der Waals surface area (Å²) in [5.41, 5.74) is 0. The van der Waals surface area contributed by atoms with Crippen molar-refractivity contribution < 1.29 is 13.0 Å². The van der Waals surface area contributed by atoms with Gasteiger partial charge < -0.3 is 0 Å². The van der Waals surface area contributed by atoms with Gasteiger partial charge in [-0.15, -0.1) is 0 Å². The lowest BCUT2D eigenvalue weighted by molar-refractivity contribution is 0.478. The Morgan fingerprint density at radius 1 is 0.636 bits per heavy atom. The summed E-state index contributed by atoms with van der Waals surface area (Å²) >= 11 is 17.1. The van der Waals surface area contributed by atoms with E-state index in [9.17, 15) is 8.42 Å². The number of hydrogen-bond donors (Lipinski definition) is 1. The maximum absolute atomic E-state index is 10.5. The van der Waals surface area contributed by atoms with Gasteiger partial charge in [-0.2, -0.15) is 8.42 Å². The molecular weight excluding hydrogens is 367 g/mol. The second-order valence-electron chi connectivity index (χ2n) is 5.89. The smallest absolute Gasteiger partial charge is 0.264 e. The summed E-state index contributed by atoms with van der Waals surface area (Å²) < 4.78 is 28.5. The first-order chi connectivity index (χ1) is 10.2. The average Bonchev–Trinajstić information content (AvgIpc) is 2.36. The molecule has 0 atom stereocenters. The van der Waals surface area contributed by atoms with Crippen LogP contribution in [0.2, 0.25) is 0 Å². The average molecular weight is 396 g/mol. The van der Waals surface area contributed by atoms with Gasteiger partial charge in [-0.3, -0.25) is 4.55 Å². The fraction of sp³-hybridized carbons (Fsp3) is 1.00. The number of halogens is 3. The van der Waals surface area contributed by atoms with Gasteiger partial charge in [-0.05, 0) is 19.3 Å². The number of rotatable bonds is 14. The summed E-state index contributed by atoms with van der Waals surface area (Å²) in [6.07, 6.45) is 13.8. The van der Waals surface area contributed by atoms with Crippen LogP contribution in [0.5, 0.6) is 0 Å². The van der Waals surface area contributed by atoms with Crippen LogP contribution in [0.25, 0.3) is 0 Å². The van der Waals surface area contributed by atoms with Crippen molar-refractivity contribution in [2.75, 3.05) is 5.75 Å². The van der Waals surface area contributed by atoms with Crippen LogP contribution in [0.1, 0.15) is 83.5 Å². The lowest BCUT2D eigenvalue weighted by Crippen LogP contribution is -2.03. The Balaban J connectivity index is 3.12. The molecule has 0 heterocycles. The third-order valence-electron chi connectivity index (χ3n) is 3.61. The van der Waals surface area contributed by atoms with E-state index in [1.54, 1.807) is 0 Å². The van der Waals surface area contributed by atoms with E-state index in [0.29, 0.717) is 12.8 Å². The highest BCUT2D eigenvalue weighted by Crippen LogP contribution is 2.32. The summed E-state index contributed by atoms with van der Waals surface area (Å²) in [4.78, 5) is 0. The lowest BCUT2D eigenvalue weighted by atomic mass is 10.0. The van der Waals surface area contributed by atoms with E-state index in [1.165, 1.54) is 38.5 Å². The molecule has 0 bridgehead atoms. The van der Waals surface area contributed by atoms with E-state index in [4.69, 9.17) is 39.4 Å². The first kappa shape index (κ1) is 22.8. The van der Waals surface area contributed by atoms with Crippen molar-refractivity contribution >= 4 is 44.9 Å². The minimum atomic E-state index is -3.77. The Morgan fingerprint density at radius 2 is 0.955 bits per heavy atom. The SMILES string of the molecule is O=S(=O)(O)CCCCCCCCCCCCCCC(Cl)(Cl)Cl. The second-order valence-corrected chi connectivity index (χ2v) is 9.98. The molecule has 0 amide bonds. The minimum Gasteiger partial charge on any atom is -0.286 e. The van der Waals surface area contributed by atoms with Crippen molar-refractivity contribution in [1.82, 2.24) is 0 Å². The molecule has 134 valence electrons. The summed E-state index contributed by atoms with van der Waals surface area (Å²) in [5, 5.41) is 0. The zero-order valence-electron chi connectivity index (χ0n) is 13.2. The Kier molecular flexibility index (Phi) is 13.6. The molecule has 0 aromatic rings. The maximum Gasteiger partial charge on any atom is 0.264 e. The van der Waals surface area contributed by atoms with Crippen molar-refractivity contribution in [2.45, 2.75) is 87.3 Å². The highest BCUT2D eigenvalue weighted by molar-refractivity contribution is 7.85. The Morgan fingerprint density at radius 3 is 1.27 bits per heavy atom. The molecule has 0 saturated carbocycles. The first-order valence-corrected chi connectivity index (χ1v) is 11.0. The third kappa shape index (κ3) is 20.8. The Bertz CT molecular complexity index is 354. The van der Waals surface area contributed by atoms with Gasteiger partial charge in [-0.1, -0.05) is 99.0 Å². The van der Waals surface area contributed by atoms with Gasteiger partial charge in [0, 0.05) is 0 Å². The molecule has 0 rings (SSSR count). The van der Waals surface area contributed by atoms with E-state index in [-0.39, 0.29) is 5.75 Å². The molecule has 0 fully saturated rings. The fourth-order valence-corrected chi connectivity index (χ4v) is 3.35. The predicted molar refractivity (Wildman–Crippen MR) is 96.7 cm³/mol. The van der Waals surface area contributed by atoms with E-state index >= 15 is 0 Å². The predicted octanol–water partition coefficient (Wildman–Crippen LogP) is 6.32. The summed E-state index contributed by atoms with van der Waals surface area (Å²) in [7, 11) is -3.77. The highest BCUT2D eigenvalue weighted by Gasteiger charge is 2.17. The maximum atomic E-state index is 10.5. The number of alkyl halides is 3. The van der Waals surface area contributed by atoms with Crippen molar-refractivity contribution in [2.24, 2.45) is 0 Å². The van der Waals surface area contributed by atoms with Crippen molar-refractivity contribution in [3.8, 4) is 0 Å². The Hall–Kier alpha value is 0.780.